The molecule has 0 aromatic carbocycles. The first kappa shape index (κ1) is 24.4. The molecule has 35 heavy (non-hydrogen) atoms. The Balaban J connectivity index is 1.49. The number of nitrogens with one attached hydrogen (secondary N) is 2. The van der Waals surface area contributed by atoms with Gasteiger partial charge in [-0.3, -0.25) is 4.98 Å². The Morgan fingerprint density at radius 2 is 1.97 bits per heavy atom. The van der Waals surface area contributed by atoms with Crippen molar-refractivity contribution in [1.29, 1.82) is 0 Å². The zero-order valence-electron chi connectivity index (χ0n) is 20.8. The fourth-order valence-electron chi connectivity index (χ4n) is 5.17. The number of nitrogens with zero attached hydrogens (tertiary/aromatic N) is 4. The van der Waals surface area contributed by atoms with Crippen LogP contribution in [0, 0.1) is 18.8 Å². The molecule has 0 aliphatic heterocycles. The molecule has 2 aliphatic carbocycles. The van der Waals surface area contributed by atoms with Crippen LogP contribution in [-0.2, 0) is 16.3 Å². The molecule has 0 radical (unpaired) electrons. The number of fused-ring (bicyclic) bond motifs is 1. The largest absolute Gasteiger partial charge is 0.367 e. The van der Waals surface area contributed by atoms with Crippen molar-refractivity contribution in [1.82, 2.24) is 19.9 Å². The first-order valence-electron chi connectivity index (χ1n) is 12.5. The number of anilines is 2. The molecule has 5 rings (SSSR count). The van der Waals surface area contributed by atoms with Gasteiger partial charge in [0.25, 0.3) is 0 Å². The molecule has 2 fully saturated rings. The van der Waals surface area contributed by atoms with Crippen LogP contribution in [-0.4, -0.2) is 52.4 Å². The van der Waals surface area contributed by atoms with Gasteiger partial charge in [-0.1, -0.05) is 6.92 Å². The normalized spacial score (nSPS) is 21.4. The number of aryl methyl sites for hydroxylation is 2. The lowest BCUT2D eigenvalue weighted by Crippen LogP contribution is -2.22. The molecule has 3 atom stereocenters. The summed E-state index contributed by atoms with van der Waals surface area (Å²) in [4.78, 5) is 19.2. The highest BCUT2D eigenvalue weighted by Gasteiger charge is 2.31. The highest BCUT2D eigenvalue weighted by molar-refractivity contribution is 7.90. The zero-order valence-corrected chi connectivity index (χ0v) is 22.5. The first-order chi connectivity index (χ1) is 16.7. The van der Waals surface area contributed by atoms with Crippen LogP contribution in [0.3, 0.4) is 0 Å². The molecule has 2 N–H and O–H groups in total. The number of pyridine rings is 1. The maximum absolute atomic E-state index is 11.8. The molecule has 0 unspecified atom stereocenters. The molecular weight excluding hydrogens is 480 g/mol. The van der Waals surface area contributed by atoms with Crippen molar-refractivity contribution in [2.45, 2.75) is 71.4 Å². The van der Waals surface area contributed by atoms with E-state index in [9.17, 15) is 8.42 Å². The number of hydrogen-bond acceptors (Lipinski definition) is 9. The van der Waals surface area contributed by atoms with E-state index in [4.69, 9.17) is 15.0 Å². The topological polar surface area (TPSA) is 110 Å². The van der Waals surface area contributed by atoms with Crippen LogP contribution >= 0.6 is 11.3 Å². The van der Waals surface area contributed by atoms with Crippen molar-refractivity contribution in [3.05, 3.63) is 23.7 Å². The molecule has 0 spiro atoms. The molecule has 0 bridgehead atoms. The highest BCUT2D eigenvalue weighted by atomic mass is 32.2. The van der Waals surface area contributed by atoms with E-state index in [1.54, 1.807) is 11.3 Å². The Morgan fingerprint density at radius 1 is 1.17 bits per heavy atom. The zero-order chi connectivity index (χ0) is 24.7. The van der Waals surface area contributed by atoms with E-state index < -0.39 is 9.84 Å². The summed E-state index contributed by atoms with van der Waals surface area (Å²) in [5.41, 5.74) is 3.74. The summed E-state index contributed by atoms with van der Waals surface area (Å²) in [6.07, 6.45) is 9.14. The number of aromatic nitrogens is 4. The summed E-state index contributed by atoms with van der Waals surface area (Å²) < 4.78 is 24.7. The molecule has 3 heterocycles. The van der Waals surface area contributed by atoms with Gasteiger partial charge < -0.3 is 10.6 Å². The maximum Gasteiger partial charge on any atom is 0.225 e. The molecule has 188 valence electrons. The number of sulfone groups is 1. The summed E-state index contributed by atoms with van der Waals surface area (Å²) >= 11 is 1.64. The van der Waals surface area contributed by atoms with Crippen LogP contribution in [0.1, 0.15) is 57.3 Å². The molecule has 3 aromatic heterocycles. The summed E-state index contributed by atoms with van der Waals surface area (Å²) in [6.45, 7) is 6.30. The molecule has 3 aromatic rings. The molecule has 10 heteroatoms. The fourth-order valence-corrected chi connectivity index (χ4v) is 7.41. The van der Waals surface area contributed by atoms with Gasteiger partial charge in [-0.05, 0) is 70.3 Å². The van der Waals surface area contributed by atoms with Crippen LogP contribution in [0.4, 0.5) is 11.8 Å². The summed E-state index contributed by atoms with van der Waals surface area (Å²) in [7, 11) is -2.98. The molecule has 2 aliphatic rings. The summed E-state index contributed by atoms with van der Waals surface area (Å²) in [5.74, 6) is 2.53. The van der Waals surface area contributed by atoms with Crippen LogP contribution in [0.5, 0.6) is 0 Å². The fraction of sp³-hybridized carbons (Fsp3) is 0.600. The smallest absolute Gasteiger partial charge is 0.225 e. The second kappa shape index (κ2) is 9.61. The van der Waals surface area contributed by atoms with Gasteiger partial charge in [0.1, 0.15) is 26.2 Å². The van der Waals surface area contributed by atoms with Gasteiger partial charge in [0.05, 0.1) is 27.4 Å². The van der Waals surface area contributed by atoms with Crippen LogP contribution in [0.25, 0.3) is 20.8 Å². The Hall–Kier alpha value is -2.33. The van der Waals surface area contributed by atoms with Crippen molar-refractivity contribution in [2.75, 3.05) is 22.6 Å². The third kappa shape index (κ3) is 5.58. The van der Waals surface area contributed by atoms with Gasteiger partial charge in [0.2, 0.25) is 5.95 Å². The Morgan fingerprint density at radius 3 is 2.69 bits per heavy atom. The molecule has 8 nitrogen and oxygen atoms in total. The SMILES string of the molecule is CCc1nccc2sc(-c3c(C)nc(N[C@H](C)C4CC4)nc3N[C@H]3CC[C@@H](CS(C)(=O)=O)C3)nc12. The second-order valence-corrected chi connectivity index (χ2v) is 13.4. The van der Waals surface area contributed by atoms with Crippen molar-refractivity contribution < 1.29 is 8.42 Å². The number of rotatable bonds is 9. The molecule has 0 amide bonds. The number of hydrogen-bond donors (Lipinski definition) is 2. The Kier molecular flexibility index (Phi) is 6.69. The average molecular weight is 515 g/mol. The van der Waals surface area contributed by atoms with Gasteiger partial charge in [-0.15, -0.1) is 11.3 Å². The van der Waals surface area contributed by atoms with E-state index in [1.807, 2.05) is 19.2 Å². The lowest BCUT2D eigenvalue weighted by Gasteiger charge is -2.20. The number of thiazole rings is 1. The second-order valence-electron chi connectivity index (χ2n) is 10.2. The van der Waals surface area contributed by atoms with Crippen LogP contribution in [0.15, 0.2) is 12.3 Å². The van der Waals surface area contributed by atoms with E-state index in [1.165, 1.54) is 19.1 Å². The summed E-state index contributed by atoms with van der Waals surface area (Å²) in [5, 5.41) is 8.05. The van der Waals surface area contributed by atoms with Crippen molar-refractivity contribution in [3.8, 4) is 10.6 Å². The molecule has 2 saturated carbocycles. The standard InChI is InChI=1S/C25H34N6O2S2/c1-5-19-22-20(10-11-26-19)34-24(30-22)21-15(3)28-25(27-14(2)17-7-8-17)31-23(21)29-18-9-6-16(12-18)13-35(4,32)33/h10-11,14,16-18H,5-9,12-13H2,1-4H3,(H2,27,28,29,31)/t14-,16-,18+/m1/s1. The maximum atomic E-state index is 11.8. The third-order valence-corrected chi connectivity index (χ3v) is 9.24. The molecule has 0 saturated heterocycles. The van der Waals surface area contributed by atoms with E-state index in [0.29, 0.717) is 17.9 Å². The van der Waals surface area contributed by atoms with Gasteiger partial charge in [-0.25, -0.2) is 18.4 Å². The quantitative estimate of drug-likeness (QED) is 0.417. The average Bonchev–Trinajstić information content (AvgIpc) is 3.42. The van der Waals surface area contributed by atoms with Gasteiger partial charge in [-0.2, -0.15) is 4.98 Å². The summed E-state index contributed by atoms with van der Waals surface area (Å²) in [6, 6.07) is 2.52. The van der Waals surface area contributed by atoms with Gasteiger partial charge >= 0.3 is 0 Å². The Bertz CT molecular complexity index is 1340. The minimum atomic E-state index is -2.98. The van der Waals surface area contributed by atoms with E-state index >= 15 is 0 Å². The van der Waals surface area contributed by atoms with Crippen molar-refractivity contribution in [3.63, 3.8) is 0 Å². The van der Waals surface area contributed by atoms with Crippen LogP contribution < -0.4 is 10.6 Å². The predicted octanol–water partition coefficient (Wildman–Crippen LogP) is 4.85. The van der Waals surface area contributed by atoms with Gasteiger partial charge in [0, 0.05) is 24.5 Å². The lowest BCUT2D eigenvalue weighted by atomic mass is 10.1. The van der Waals surface area contributed by atoms with Gasteiger partial charge in [0.15, 0.2) is 0 Å². The van der Waals surface area contributed by atoms with E-state index in [-0.39, 0.29) is 17.7 Å². The predicted molar refractivity (Wildman–Crippen MR) is 143 cm³/mol. The highest BCUT2D eigenvalue weighted by Crippen LogP contribution is 2.39. The van der Waals surface area contributed by atoms with E-state index in [0.717, 1.165) is 63.7 Å². The first-order valence-corrected chi connectivity index (χ1v) is 15.4. The van der Waals surface area contributed by atoms with Crippen LogP contribution in [0.2, 0.25) is 0 Å². The van der Waals surface area contributed by atoms with Crippen molar-refractivity contribution >= 4 is 43.2 Å². The minimum absolute atomic E-state index is 0.172. The Labute approximate surface area is 211 Å². The lowest BCUT2D eigenvalue weighted by molar-refractivity contribution is 0.560. The molecular formula is C25H34N6O2S2. The third-order valence-electron chi connectivity index (χ3n) is 7.13. The van der Waals surface area contributed by atoms with Crippen molar-refractivity contribution in [2.24, 2.45) is 11.8 Å². The minimum Gasteiger partial charge on any atom is -0.367 e. The monoisotopic (exact) mass is 514 g/mol. The van der Waals surface area contributed by atoms with E-state index in [2.05, 4.69) is 29.5 Å².